The van der Waals surface area contributed by atoms with E-state index in [1.807, 2.05) is 48.5 Å². The van der Waals surface area contributed by atoms with Crippen LogP contribution in [0.3, 0.4) is 0 Å². The van der Waals surface area contributed by atoms with Crippen LogP contribution in [0.25, 0.3) is 0 Å². The van der Waals surface area contributed by atoms with Crippen molar-refractivity contribution in [3.63, 3.8) is 0 Å². The van der Waals surface area contributed by atoms with Crippen LogP contribution in [0.15, 0.2) is 60.9 Å². The van der Waals surface area contributed by atoms with E-state index in [0.29, 0.717) is 60.9 Å². The number of piperidine rings is 4. The van der Waals surface area contributed by atoms with Crippen molar-refractivity contribution in [3.05, 3.63) is 83.4 Å². The maximum absolute atomic E-state index is 12.8. The topological polar surface area (TPSA) is 282 Å². The number of carbonyl (C=O) groups is 5. The molecular weight excluding hydrogens is 1070 g/mol. The number of hydrogen-bond acceptors (Lipinski definition) is 16. The lowest BCUT2D eigenvalue weighted by molar-refractivity contribution is -0.130. The van der Waals surface area contributed by atoms with E-state index >= 15 is 0 Å². The minimum Gasteiger partial charge on any atom is -0.369 e. The van der Waals surface area contributed by atoms with Crippen molar-refractivity contribution in [1.29, 1.82) is 5.26 Å². The average Bonchev–Trinajstić information content (AvgIpc) is 4.48. The van der Waals surface area contributed by atoms with Gasteiger partial charge in [0.05, 0.1) is 29.3 Å². The van der Waals surface area contributed by atoms with Crippen molar-refractivity contribution >= 4 is 64.2 Å². The summed E-state index contributed by atoms with van der Waals surface area (Å²) in [7, 11) is 7.12. The fourth-order valence-corrected chi connectivity index (χ4v) is 14.3. The minimum absolute atomic E-state index is 0.0460. The van der Waals surface area contributed by atoms with Gasteiger partial charge in [-0.05, 0) is 151 Å². The molecule has 8 N–H and O–H groups in total. The lowest BCUT2D eigenvalue weighted by Crippen LogP contribution is -2.52. The number of aromatic nitrogens is 4. The molecule has 5 amide bonds. The third-order valence-electron chi connectivity index (χ3n) is 19.8. The van der Waals surface area contributed by atoms with Gasteiger partial charge in [-0.2, -0.15) is 5.26 Å². The van der Waals surface area contributed by atoms with E-state index in [9.17, 15) is 29.2 Å². The predicted molar refractivity (Wildman–Crippen MR) is 331 cm³/mol. The molecule has 21 nitrogen and oxygen atoms in total. The molecule has 6 aliphatic rings. The van der Waals surface area contributed by atoms with Gasteiger partial charge in [-0.3, -0.25) is 24.0 Å². The van der Waals surface area contributed by atoms with E-state index < -0.39 is 22.6 Å². The first kappa shape index (κ1) is 62.1. The molecule has 2 aromatic heterocycles. The fourth-order valence-electron chi connectivity index (χ4n) is 14.3. The molecule has 21 heteroatoms. The Hall–Kier alpha value is -7.44. The van der Waals surface area contributed by atoms with Gasteiger partial charge in [-0.1, -0.05) is 49.9 Å². The van der Waals surface area contributed by atoms with E-state index in [4.69, 9.17) is 27.2 Å². The van der Waals surface area contributed by atoms with Gasteiger partial charge < -0.3 is 57.2 Å². The molecule has 6 heterocycles. The van der Waals surface area contributed by atoms with Crippen LogP contribution in [0.5, 0.6) is 0 Å². The van der Waals surface area contributed by atoms with Crippen LogP contribution < -0.4 is 37.6 Å². The van der Waals surface area contributed by atoms with Gasteiger partial charge >= 0.3 is 0 Å². The molecule has 456 valence electrons. The Labute approximate surface area is 501 Å². The maximum atomic E-state index is 12.8. The summed E-state index contributed by atoms with van der Waals surface area (Å²) in [4.78, 5) is 93.2. The second kappa shape index (κ2) is 27.3. The summed E-state index contributed by atoms with van der Waals surface area (Å²) in [5.41, 5.74) is 19.7. The first-order valence-corrected chi connectivity index (χ1v) is 31.0. The van der Waals surface area contributed by atoms with Gasteiger partial charge in [0.25, 0.3) is 11.8 Å². The number of anilines is 6. The summed E-state index contributed by atoms with van der Waals surface area (Å²) in [6, 6.07) is 19.7. The number of carbonyl (C=O) groups excluding carboxylic acids is 5. The highest BCUT2D eigenvalue weighted by molar-refractivity contribution is 5.97. The standard InChI is InChI=1S/C32H46N8O3.C32H44N8O2/c1-21-22(19-27(41)38(2)3)7-6-16-40(21)26-20-35-28(29(33)42)30(37-26)36-24-12-10-23(11-13-24)32(31(34)43)14-17-39(18-15-32)25-8-4-5-9-25;1-22-23(19-28(41)38(2)3)7-6-16-40(22)27-20-35-29(30(34)42)31(37-27)36-25-12-10-24(11-13-25)32(21-33)14-17-39(18-15-32)26-8-4-5-9-26/h10-13,20-22,25H,4-9,14-19H2,1-3H3,(H2,33,42)(H2,34,43)(H,36,37);10-13,20,22-23,26H,4-9,14-19H2,1-3H3,(H2,34,42)(H,36,37)/t21-,22+;22-,23+/m11/s1. The first-order valence-electron chi connectivity index (χ1n) is 31.0. The number of nitriles is 1. The lowest BCUT2D eigenvalue weighted by atomic mass is 9.72. The van der Waals surface area contributed by atoms with E-state index in [2.05, 4.69) is 60.1 Å². The van der Waals surface area contributed by atoms with E-state index in [-0.39, 0.29) is 58.8 Å². The van der Waals surface area contributed by atoms with Crippen molar-refractivity contribution in [2.45, 2.75) is 164 Å². The fraction of sp³-hybridized carbons (Fsp3) is 0.594. The van der Waals surface area contributed by atoms with Gasteiger partial charge in [0.1, 0.15) is 11.6 Å². The van der Waals surface area contributed by atoms with Crippen molar-refractivity contribution in [2.24, 2.45) is 29.0 Å². The van der Waals surface area contributed by atoms with Crippen LogP contribution >= 0.6 is 0 Å². The number of amides is 5. The lowest BCUT2D eigenvalue weighted by Gasteiger charge is -2.42. The van der Waals surface area contributed by atoms with Gasteiger partial charge in [0, 0.05) is 103 Å². The van der Waals surface area contributed by atoms with Gasteiger partial charge in [-0.25, -0.2) is 19.9 Å². The van der Waals surface area contributed by atoms with Crippen LogP contribution in [-0.2, 0) is 25.2 Å². The van der Waals surface area contributed by atoms with Crippen LogP contribution in [-0.4, -0.2) is 161 Å². The third-order valence-corrected chi connectivity index (χ3v) is 19.8. The Morgan fingerprint density at radius 2 is 0.953 bits per heavy atom. The second-order valence-electron chi connectivity index (χ2n) is 25.2. The quantitative estimate of drug-likeness (QED) is 0.0690. The highest BCUT2D eigenvalue weighted by Crippen LogP contribution is 2.41. The van der Waals surface area contributed by atoms with Crippen LogP contribution in [0.4, 0.5) is 34.6 Å². The van der Waals surface area contributed by atoms with Gasteiger partial charge in [0.15, 0.2) is 23.0 Å². The highest BCUT2D eigenvalue weighted by atomic mass is 16.2. The number of nitrogens with zero attached hydrogens (tertiary/aromatic N) is 11. The summed E-state index contributed by atoms with van der Waals surface area (Å²) in [6.07, 6.45) is 21.3. The number of primary amides is 3. The summed E-state index contributed by atoms with van der Waals surface area (Å²) in [5, 5.41) is 16.7. The molecule has 4 saturated heterocycles. The molecule has 4 atom stereocenters. The molecule has 4 aliphatic heterocycles. The Balaban J connectivity index is 0.000000204. The summed E-state index contributed by atoms with van der Waals surface area (Å²) in [6.45, 7) is 9.46. The Bertz CT molecular complexity index is 3030. The molecular formula is C64H90N16O5. The summed E-state index contributed by atoms with van der Waals surface area (Å²) < 4.78 is 0. The van der Waals surface area contributed by atoms with Gasteiger partial charge in [0.2, 0.25) is 17.7 Å². The summed E-state index contributed by atoms with van der Waals surface area (Å²) >= 11 is 0. The SMILES string of the molecule is C[C@@H]1[C@H](CC(=O)N(C)C)CCCN1c1cnc(C(N)=O)c(Nc2ccc(C3(C#N)CCN(C4CCCC4)CC3)cc2)n1.C[C@@H]1[C@H](CC(=O)N(C)C)CCCN1c1cnc(C(N)=O)c(Nc2ccc(C3(C(N)=O)CCN(C4CCCC4)CC3)cc2)n1. The Kier molecular flexibility index (Phi) is 19.9. The number of rotatable bonds is 17. The molecule has 85 heavy (non-hydrogen) atoms. The second-order valence-corrected chi connectivity index (χ2v) is 25.2. The summed E-state index contributed by atoms with van der Waals surface area (Å²) in [5.74, 6) is 0.830. The first-order chi connectivity index (χ1) is 40.8. The molecule has 10 rings (SSSR count). The molecule has 2 aromatic carbocycles. The normalized spacial score (nSPS) is 22.8. The number of likely N-dealkylation sites (tertiary alicyclic amines) is 2. The zero-order valence-corrected chi connectivity index (χ0v) is 50.9. The van der Waals surface area contributed by atoms with Crippen LogP contribution in [0.2, 0.25) is 0 Å². The molecule has 6 fully saturated rings. The highest BCUT2D eigenvalue weighted by Gasteiger charge is 2.44. The third kappa shape index (κ3) is 14.1. The smallest absolute Gasteiger partial charge is 0.271 e. The Morgan fingerprint density at radius 1 is 0.565 bits per heavy atom. The van der Waals surface area contributed by atoms with Crippen molar-refractivity contribution in [2.75, 3.05) is 87.9 Å². The van der Waals surface area contributed by atoms with Crippen LogP contribution in [0, 0.1) is 23.2 Å². The van der Waals surface area contributed by atoms with Crippen LogP contribution in [0.1, 0.15) is 162 Å². The molecule has 0 radical (unpaired) electrons. The number of nitrogens with two attached hydrogens (primary N) is 3. The van der Waals surface area contributed by atoms with E-state index in [0.717, 1.165) is 94.6 Å². The van der Waals surface area contributed by atoms with E-state index in [1.54, 1.807) is 50.4 Å². The monoisotopic (exact) mass is 1160 g/mol. The minimum atomic E-state index is -0.694. The van der Waals surface area contributed by atoms with Crippen molar-refractivity contribution < 1.29 is 24.0 Å². The molecule has 0 unspecified atom stereocenters. The van der Waals surface area contributed by atoms with Gasteiger partial charge in [-0.15, -0.1) is 0 Å². The molecule has 4 aromatic rings. The predicted octanol–water partition coefficient (Wildman–Crippen LogP) is 7.37. The maximum Gasteiger partial charge on any atom is 0.271 e. The Morgan fingerprint density at radius 3 is 1.32 bits per heavy atom. The van der Waals surface area contributed by atoms with E-state index in [1.165, 1.54) is 51.4 Å². The average molecular weight is 1160 g/mol. The molecule has 2 aliphatic carbocycles. The van der Waals surface area contributed by atoms with Crippen molar-refractivity contribution in [3.8, 4) is 6.07 Å². The molecule has 0 bridgehead atoms. The largest absolute Gasteiger partial charge is 0.369 e. The molecule has 0 spiro atoms. The molecule has 2 saturated carbocycles. The zero-order chi connectivity index (χ0) is 60.6. The number of hydrogen-bond donors (Lipinski definition) is 5. The number of nitrogens with one attached hydrogen (secondary N) is 2. The van der Waals surface area contributed by atoms with Crippen molar-refractivity contribution in [1.82, 2.24) is 39.5 Å². The number of benzene rings is 2. The zero-order valence-electron chi connectivity index (χ0n) is 50.9.